The van der Waals surface area contributed by atoms with Crippen LogP contribution in [0.3, 0.4) is 0 Å². The van der Waals surface area contributed by atoms with Crippen molar-refractivity contribution in [2.45, 2.75) is 64.6 Å². The van der Waals surface area contributed by atoms with Crippen LogP contribution in [0.15, 0.2) is 84.9 Å². The molecule has 0 radical (unpaired) electrons. The van der Waals surface area contributed by atoms with Crippen molar-refractivity contribution in [3.8, 4) is 0 Å². The van der Waals surface area contributed by atoms with Gasteiger partial charge in [0, 0.05) is 37.3 Å². The van der Waals surface area contributed by atoms with Crippen LogP contribution in [-0.2, 0) is 32.3 Å². The molecule has 10 nitrogen and oxygen atoms in total. The zero-order valence-electron chi connectivity index (χ0n) is 25.0. The van der Waals surface area contributed by atoms with Gasteiger partial charge in [0.15, 0.2) is 0 Å². The maximum atomic E-state index is 12.3. The molecule has 0 spiro atoms. The topological polar surface area (TPSA) is 135 Å². The van der Waals surface area contributed by atoms with Gasteiger partial charge in [-0.05, 0) is 61.1 Å². The van der Waals surface area contributed by atoms with E-state index in [1.807, 2.05) is 60.7 Å². The van der Waals surface area contributed by atoms with E-state index in [1.165, 1.54) is 0 Å². The molecule has 0 aromatic heterocycles. The van der Waals surface area contributed by atoms with Gasteiger partial charge >= 0.3 is 12.2 Å². The summed E-state index contributed by atoms with van der Waals surface area (Å²) >= 11 is 0. The number of amides is 4. The van der Waals surface area contributed by atoms with Gasteiger partial charge in [0.2, 0.25) is 11.8 Å². The van der Waals surface area contributed by atoms with Crippen molar-refractivity contribution in [3.63, 3.8) is 0 Å². The predicted molar refractivity (Wildman–Crippen MR) is 170 cm³/mol. The van der Waals surface area contributed by atoms with Crippen molar-refractivity contribution in [1.82, 2.24) is 10.6 Å². The van der Waals surface area contributed by atoms with Gasteiger partial charge in [-0.25, -0.2) is 9.59 Å². The fourth-order valence-electron chi connectivity index (χ4n) is 4.19. The Labute approximate surface area is 258 Å². The molecule has 0 unspecified atom stereocenters. The monoisotopic (exact) mass is 602 g/mol. The van der Waals surface area contributed by atoms with Gasteiger partial charge in [0.1, 0.15) is 13.2 Å². The summed E-state index contributed by atoms with van der Waals surface area (Å²) in [5.74, 6) is -0.174. The number of hydrogen-bond acceptors (Lipinski definition) is 6. The first-order chi connectivity index (χ1) is 21.5. The van der Waals surface area contributed by atoms with Gasteiger partial charge in [-0.15, -0.1) is 0 Å². The summed E-state index contributed by atoms with van der Waals surface area (Å²) in [6, 6.07) is 26.0. The lowest BCUT2D eigenvalue weighted by molar-refractivity contribution is -0.117. The van der Waals surface area contributed by atoms with E-state index in [2.05, 4.69) is 21.3 Å². The van der Waals surface area contributed by atoms with E-state index in [9.17, 15) is 19.2 Å². The molecule has 0 atom stereocenters. The zero-order chi connectivity index (χ0) is 31.2. The van der Waals surface area contributed by atoms with E-state index < -0.39 is 12.2 Å². The lowest BCUT2D eigenvalue weighted by atomic mass is 10.1. The first kappa shape index (κ1) is 33.6. The maximum Gasteiger partial charge on any atom is 0.407 e. The Morgan fingerprint density at radius 1 is 0.477 bits per heavy atom. The van der Waals surface area contributed by atoms with E-state index in [4.69, 9.17) is 9.47 Å². The number of anilines is 2. The summed E-state index contributed by atoms with van der Waals surface area (Å²) < 4.78 is 10.3. The minimum absolute atomic E-state index is 0.0871. The highest BCUT2D eigenvalue weighted by atomic mass is 16.6. The highest BCUT2D eigenvalue weighted by Gasteiger charge is 2.07. The Hall–Kier alpha value is -4.86. The Morgan fingerprint density at radius 3 is 1.25 bits per heavy atom. The lowest BCUT2D eigenvalue weighted by Crippen LogP contribution is -2.25. The summed E-state index contributed by atoms with van der Waals surface area (Å²) in [5, 5.41) is 11.2. The first-order valence-electron chi connectivity index (χ1n) is 15.1. The Bertz CT molecular complexity index is 1190. The normalized spacial score (nSPS) is 10.4. The van der Waals surface area contributed by atoms with Crippen molar-refractivity contribution in [2.75, 3.05) is 23.7 Å². The molecule has 0 aliphatic heterocycles. The van der Waals surface area contributed by atoms with Gasteiger partial charge in [-0.1, -0.05) is 73.5 Å². The minimum atomic E-state index is -0.449. The van der Waals surface area contributed by atoms with Crippen LogP contribution in [0.25, 0.3) is 0 Å². The highest BCUT2D eigenvalue weighted by Crippen LogP contribution is 2.15. The molecule has 0 aliphatic rings. The number of carbonyl (C=O) groups excluding carboxylic acids is 4. The summed E-state index contributed by atoms with van der Waals surface area (Å²) in [6.07, 6.45) is 4.37. The maximum absolute atomic E-state index is 12.3. The fourth-order valence-corrected chi connectivity index (χ4v) is 4.19. The summed E-state index contributed by atoms with van der Waals surface area (Å²) in [4.78, 5) is 48.0. The third-order valence-corrected chi connectivity index (χ3v) is 6.58. The van der Waals surface area contributed by atoms with Crippen LogP contribution >= 0.6 is 0 Å². The van der Waals surface area contributed by atoms with Gasteiger partial charge in [0.25, 0.3) is 0 Å². The van der Waals surface area contributed by atoms with Crippen molar-refractivity contribution >= 4 is 35.4 Å². The van der Waals surface area contributed by atoms with Crippen LogP contribution < -0.4 is 21.3 Å². The number of benzene rings is 3. The highest BCUT2D eigenvalue weighted by molar-refractivity contribution is 5.92. The lowest BCUT2D eigenvalue weighted by Gasteiger charge is -2.09. The van der Waals surface area contributed by atoms with Crippen LogP contribution in [0.4, 0.5) is 21.0 Å². The largest absolute Gasteiger partial charge is 0.445 e. The van der Waals surface area contributed by atoms with Gasteiger partial charge < -0.3 is 30.7 Å². The van der Waals surface area contributed by atoms with Crippen molar-refractivity contribution in [2.24, 2.45) is 0 Å². The molecule has 44 heavy (non-hydrogen) atoms. The second-order valence-corrected chi connectivity index (χ2v) is 10.3. The van der Waals surface area contributed by atoms with Gasteiger partial charge in [-0.3, -0.25) is 9.59 Å². The quantitative estimate of drug-likeness (QED) is 0.122. The Balaban J connectivity index is 1.16. The average Bonchev–Trinajstić information content (AvgIpc) is 3.04. The Morgan fingerprint density at radius 2 is 0.864 bits per heavy atom. The fraction of sp³-hybridized carbons (Fsp3) is 0.353. The predicted octanol–water partition coefficient (Wildman–Crippen LogP) is 6.54. The van der Waals surface area contributed by atoms with E-state index in [0.29, 0.717) is 50.1 Å². The third-order valence-electron chi connectivity index (χ3n) is 6.58. The van der Waals surface area contributed by atoms with Crippen molar-refractivity contribution in [1.29, 1.82) is 0 Å². The Kier molecular flexibility index (Phi) is 15.4. The number of unbranched alkanes of at least 4 members (excludes halogenated alkanes) is 4. The standard InChI is InChI=1S/C34H42N4O6/c39-31(17-9-3-11-23-35-33(41)43-25-27-13-5-1-6-14-27)37-29-19-21-30(22-20-29)38-32(40)18-10-4-12-24-36-34(42)44-26-28-15-7-2-8-16-28/h1-2,5-8,13-16,19-22H,3-4,9-12,17-18,23-26H2,(H,35,41)(H,36,42)(H,37,39)(H,38,40). The molecule has 4 amide bonds. The number of carbonyl (C=O) groups is 4. The average molecular weight is 603 g/mol. The van der Waals surface area contributed by atoms with Gasteiger partial charge in [-0.2, -0.15) is 0 Å². The molecule has 0 saturated carbocycles. The molecular formula is C34H42N4O6. The molecule has 3 aromatic carbocycles. The van der Waals surface area contributed by atoms with E-state index in [0.717, 1.165) is 36.8 Å². The molecule has 0 fully saturated rings. The van der Waals surface area contributed by atoms with E-state index in [1.54, 1.807) is 24.3 Å². The minimum Gasteiger partial charge on any atom is -0.445 e. The second kappa shape index (κ2) is 20.1. The van der Waals surface area contributed by atoms with E-state index >= 15 is 0 Å². The molecule has 234 valence electrons. The van der Waals surface area contributed by atoms with E-state index in [-0.39, 0.29) is 25.0 Å². The molecule has 10 heteroatoms. The van der Waals surface area contributed by atoms with Crippen molar-refractivity contribution in [3.05, 3.63) is 96.1 Å². The number of ether oxygens (including phenoxy) is 2. The molecule has 0 aliphatic carbocycles. The number of hydrogen-bond donors (Lipinski definition) is 4. The summed E-state index contributed by atoms with van der Waals surface area (Å²) in [7, 11) is 0. The molecule has 4 N–H and O–H groups in total. The molecule has 3 rings (SSSR count). The van der Waals surface area contributed by atoms with Crippen molar-refractivity contribution < 1.29 is 28.7 Å². The first-order valence-corrected chi connectivity index (χ1v) is 15.1. The van der Waals surface area contributed by atoms with Gasteiger partial charge in [0.05, 0.1) is 0 Å². The molecule has 3 aromatic rings. The number of rotatable bonds is 18. The molecule has 0 bridgehead atoms. The second-order valence-electron chi connectivity index (χ2n) is 10.3. The van der Waals surface area contributed by atoms with Crippen LogP contribution in [0.5, 0.6) is 0 Å². The smallest absolute Gasteiger partial charge is 0.407 e. The van der Waals surface area contributed by atoms with Crippen LogP contribution in [0, 0.1) is 0 Å². The molecular weight excluding hydrogens is 560 g/mol. The van der Waals surface area contributed by atoms with Crippen LogP contribution in [-0.4, -0.2) is 37.1 Å². The van der Waals surface area contributed by atoms with Crippen LogP contribution in [0.2, 0.25) is 0 Å². The number of alkyl carbamates (subject to hydrolysis) is 2. The summed E-state index contributed by atoms with van der Waals surface area (Å²) in [5.41, 5.74) is 3.18. The zero-order valence-corrected chi connectivity index (χ0v) is 25.0. The molecule has 0 heterocycles. The summed E-state index contributed by atoms with van der Waals surface area (Å²) in [6.45, 7) is 1.45. The third kappa shape index (κ3) is 14.9. The van der Waals surface area contributed by atoms with Crippen LogP contribution in [0.1, 0.15) is 62.5 Å². The molecule has 0 saturated heterocycles. The SMILES string of the molecule is O=C(CCCCCNC(=O)OCc1ccccc1)Nc1ccc(NC(=O)CCCCCNC(=O)OCc2ccccc2)cc1. The number of nitrogens with one attached hydrogen (secondary N) is 4.